The number of halogens is 1. The van der Waals surface area contributed by atoms with Gasteiger partial charge in [-0.15, -0.1) is 0 Å². The summed E-state index contributed by atoms with van der Waals surface area (Å²) >= 11 is 2.35. The van der Waals surface area contributed by atoms with Gasteiger partial charge in [-0.2, -0.15) is 5.26 Å². The van der Waals surface area contributed by atoms with Gasteiger partial charge in [0.1, 0.15) is 6.07 Å². The zero-order chi connectivity index (χ0) is 20.0. The fourth-order valence-electron chi connectivity index (χ4n) is 4.26. The van der Waals surface area contributed by atoms with E-state index in [1.54, 1.807) is 0 Å². The molecule has 5 rings (SSSR count). The Morgan fingerprint density at radius 2 is 2.10 bits per heavy atom. The molecular weight excluding hydrogens is 471 g/mol. The van der Waals surface area contributed by atoms with Crippen molar-refractivity contribution in [3.63, 3.8) is 0 Å². The highest BCUT2D eigenvalue weighted by atomic mass is 127. The van der Waals surface area contributed by atoms with Gasteiger partial charge in [-0.1, -0.05) is 36.9 Å². The van der Waals surface area contributed by atoms with E-state index in [0.717, 1.165) is 46.8 Å². The normalized spacial score (nSPS) is 23.7. The molecule has 0 amide bonds. The molecule has 1 aliphatic carbocycles. The third kappa shape index (κ3) is 2.99. The Balaban J connectivity index is 1.90. The predicted molar refractivity (Wildman–Crippen MR) is 126 cm³/mol. The van der Waals surface area contributed by atoms with E-state index in [0.29, 0.717) is 17.1 Å². The maximum Gasteiger partial charge on any atom is 0.156 e. The number of hydrogen-bond donors (Lipinski definition) is 0. The summed E-state index contributed by atoms with van der Waals surface area (Å²) in [5, 5.41) is 12.0. The van der Waals surface area contributed by atoms with Crippen LogP contribution in [0.25, 0.3) is 28.5 Å². The summed E-state index contributed by atoms with van der Waals surface area (Å²) in [5.74, 6) is 0.498. The first-order valence-electron chi connectivity index (χ1n) is 9.66. The Kier molecular flexibility index (Phi) is 4.51. The number of para-hydroxylation sites is 2. The van der Waals surface area contributed by atoms with Crippen LogP contribution in [0.3, 0.4) is 0 Å². The first-order chi connectivity index (χ1) is 14.2. The topological polar surface area (TPSA) is 44.3 Å². The number of benzene rings is 1. The van der Waals surface area contributed by atoms with Gasteiger partial charge in [-0.25, -0.2) is 4.98 Å². The highest BCUT2D eigenvalue weighted by Crippen LogP contribution is 2.29. The summed E-state index contributed by atoms with van der Waals surface area (Å²) in [6, 6.07) is 12.4. The fourth-order valence-corrected chi connectivity index (χ4v) is 4.77. The lowest BCUT2D eigenvalue weighted by Crippen LogP contribution is -2.38. The Morgan fingerprint density at radius 1 is 1.24 bits per heavy atom. The van der Waals surface area contributed by atoms with Gasteiger partial charge in [0.15, 0.2) is 5.65 Å². The molecule has 2 aliphatic rings. The molecule has 3 heterocycles. The molecule has 4 nitrogen and oxygen atoms in total. The Hall–Kier alpha value is -2.85. The number of nitrogens with zero attached hydrogens (tertiary/aromatic N) is 4. The van der Waals surface area contributed by atoms with Gasteiger partial charge in [0.25, 0.3) is 0 Å². The van der Waals surface area contributed by atoms with Gasteiger partial charge in [0.2, 0.25) is 0 Å². The van der Waals surface area contributed by atoms with Gasteiger partial charge in [0.05, 0.1) is 21.9 Å². The zero-order valence-electron chi connectivity index (χ0n) is 15.8. The van der Waals surface area contributed by atoms with Crippen LogP contribution in [-0.2, 0) is 0 Å². The number of hydrogen-bond acceptors (Lipinski definition) is 3. The number of fused-ring (bicyclic) bond motifs is 5. The minimum absolute atomic E-state index is 0.498. The van der Waals surface area contributed by atoms with E-state index in [4.69, 9.17) is 4.98 Å². The van der Waals surface area contributed by atoms with E-state index >= 15 is 0 Å². The lowest BCUT2D eigenvalue weighted by molar-refractivity contribution is 0.479. The third-order valence-corrected chi connectivity index (χ3v) is 6.59. The molecule has 0 saturated carbocycles. The van der Waals surface area contributed by atoms with Crippen molar-refractivity contribution < 1.29 is 0 Å². The molecule has 0 spiro atoms. The highest BCUT2D eigenvalue weighted by molar-refractivity contribution is 14.1. The van der Waals surface area contributed by atoms with Gasteiger partial charge >= 0.3 is 0 Å². The second-order valence-corrected chi connectivity index (χ2v) is 8.79. The van der Waals surface area contributed by atoms with E-state index in [1.807, 2.05) is 30.3 Å². The van der Waals surface area contributed by atoms with Crippen molar-refractivity contribution in [3.8, 4) is 6.07 Å². The van der Waals surface area contributed by atoms with Crippen molar-refractivity contribution in [2.24, 2.45) is 5.92 Å². The minimum atomic E-state index is 0.498. The summed E-state index contributed by atoms with van der Waals surface area (Å²) in [4.78, 5) is 7.17. The third-order valence-electron chi connectivity index (χ3n) is 5.71. The Bertz CT molecular complexity index is 1380. The van der Waals surface area contributed by atoms with Gasteiger partial charge < -0.3 is 4.90 Å². The largest absolute Gasteiger partial charge is 0.370 e. The molecular formula is C24H19IN4. The van der Waals surface area contributed by atoms with Crippen molar-refractivity contribution in [3.05, 3.63) is 80.9 Å². The van der Waals surface area contributed by atoms with Crippen molar-refractivity contribution in [2.75, 3.05) is 13.1 Å². The van der Waals surface area contributed by atoms with Crippen LogP contribution >= 0.6 is 22.6 Å². The van der Waals surface area contributed by atoms with Crippen LogP contribution < -0.4 is 10.6 Å². The summed E-state index contributed by atoms with van der Waals surface area (Å²) in [6.45, 7) is 6.09. The Morgan fingerprint density at radius 3 is 2.90 bits per heavy atom. The van der Waals surface area contributed by atoms with Crippen molar-refractivity contribution in [1.82, 2.24) is 14.3 Å². The summed E-state index contributed by atoms with van der Waals surface area (Å²) in [6.07, 6.45) is 11.6. The average Bonchev–Trinajstić information content (AvgIpc) is 3.34. The number of aromatic nitrogens is 2. The number of nitriles is 1. The molecule has 3 aromatic rings. The number of pyridine rings is 1. The summed E-state index contributed by atoms with van der Waals surface area (Å²) in [7, 11) is 0. The second kappa shape index (κ2) is 7.20. The molecule has 2 aromatic heterocycles. The first kappa shape index (κ1) is 18.2. The second-order valence-electron chi connectivity index (χ2n) is 7.40. The fraction of sp³-hybridized carbons (Fsp3) is 0.167. The van der Waals surface area contributed by atoms with Crippen molar-refractivity contribution >= 4 is 51.0 Å². The van der Waals surface area contributed by atoms with Crippen LogP contribution in [0.2, 0.25) is 0 Å². The number of imidazole rings is 1. The monoisotopic (exact) mass is 490 g/mol. The van der Waals surface area contributed by atoms with E-state index in [9.17, 15) is 5.26 Å². The number of likely N-dealkylation sites (tertiary alicyclic amines) is 1. The first-order valence-corrected chi connectivity index (χ1v) is 10.7. The number of allylic oxidation sites excluding steroid dienone is 3. The molecule has 29 heavy (non-hydrogen) atoms. The molecule has 5 heteroatoms. The smallest absolute Gasteiger partial charge is 0.156 e. The Labute approximate surface area is 182 Å². The lowest BCUT2D eigenvalue weighted by atomic mass is 10.1. The van der Waals surface area contributed by atoms with E-state index in [2.05, 4.69) is 74.9 Å². The molecule has 1 aliphatic heterocycles. The SMILES string of the molecule is C=C(I)C1CCN(C2=c3\cc(C#N)c4nc5ccccc5n4\c3=C/C=C/C=C\2)C1. The van der Waals surface area contributed by atoms with E-state index < -0.39 is 0 Å². The molecule has 1 saturated heterocycles. The predicted octanol–water partition coefficient (Wildman–Crippen LogP) is 3.64. The molecule has 0 N–H and O–H groups in total. The zero-order valence-corrected chi connectivity index (χ0v) is 18.0. The molecule has 0 bridgehead atoms. The van der Waals surface area contributed by atoms with Crippen LogP contribution in [0.4, 0.5) is 0 Å². The summed E-state index contributed by atoms with van der Waals surface area (Å²) in [5.41, 5.74) is 4.37. The van der Waals surface area contributed by atoms with Crippen LogP contribution in [0.5, 0.6) is 0 Å². The van der Waals surface area contributed by atoms with Crippen LogP contribution in [0.1, 0.15) is 12.0 Å². The van der Waals surface area contributed by atoms with Gasteiger partial charge in [0, 0.05) is 29.9 Å². The molecule has 1 atom stereocenters. The molecule has 1 fully saturated rings. The van der Waals surface area contributed by atoms with Crippen LogP contribution in [0, 0.1) is 17.2 Å². The highest BCUT2D eigenvalue weighted by Gasteiger charge is 2.25. The van der Waals surface area contributed by atoms with E-state index in [-0.39, 0.29) is 0 Å². The number of rotatable bonds is 2. The molecule has 1 aromatic carbocycles. The molecule has 142 valence electrons. The minimum Gasteiger partial charge on any atom is -0.370 e. The molecule has 0 radical (unpaired) electrons. The average molecular weight is 490 g/mol. The summed E-state index contributed by atoms with van der Waals surface area (Å²) < 4.78 is 3.33. The van der Waals surface area contributed by atoms with Crippen molar-refractivity contribution in [2.45, 2.75) is 6.42 Å². The quantitative estimate of drug-likeness (QED) is 0.516. The molecule has 1 unspecified atom stereocenters. The standard InChI is InChI=1S/C24H19IN4/c1-16(25)17-11-12-28(15-17)21-8-3-2-4-9-22-19(21)13-18(14-26)24-27-20-7-5-6-10-23(20)29(22)24/h2-10,13,17H,1,11-12,15H2/b3-2?,4-2+,8-3-,9-4?,21-8?,21-19+,22-9-. The maximum absolute atomic E-state index is 9.87. The maximum atomic E-state index is 9.87. The van der Waals surface area contributed by atoms with Gasteiger partial charge in [-0.3, -0.25) is 4.40 Å². The van der Waals surface area contributed by atoms with Gasteiger partial charge in [-0.05, 0) is 62.9 Å². The van der Waals surface area contributed by atoms with Crippen LogP contribution in [-0.4, -0.2) is 27.4 Å². The van der Waals surface area contributed by atoms with Crippen LogP contribution in [0.15, 0.2) is 64.8 Å². The lowest BCUT2D eigenvalue weighted by Gasteiger charge is -2.21. The van der Waals surface area contributed by atoms with Crippen molar-refractivity contribution in [1.29, 1.82) is 5.26 Å². The van der Waals surface area contributed by atoms with E-state index in [1.165, 1.54) is 3.58 Å².